The molecule has 0 saturated carbocycles. The largest absolute Gasteiger partial charge is 0.361 e. The topological polar surface area (TPSA) is 69.7 Å². The first kappa shape index (κ1) is 25.8. The molecule has 1 heterocycles. The molecule has 0 unspecified atom stereocenters. The lowest BCUT2D eigenvalue weighted by atomic mass is 9.84. The minimum Gasteiger partial charge on any atom is -0.305 e. The highest BCUT2D eigenvalue weighted by Gasteiger charge is 2.41. The van der Waals surface area contributed by atoms with Crippen molar-refractivity contribution in [1.29, 1.82) is 0 Å². The number of benzene rings is 3. The lowest BCUT2D eigenvalue weighted by Crippen LogP contribution is -2.36. The third kappa shape index (κ3) is 5.30. The summed E-state index contributed by atoms with van der Waals surface area (Å²) in [6.45, 7) is 4.90. The van der Waals surface area contributed by atoms with E-state index in [0.29, 0.717) is 50.8 Å². The molecule has 0 bridgehead atoms. The van der Waals surface area contributed by atoms with E-state index in [0.717, 1.165) is 12.8 Å². The lowest BCUT2D eigenvalue weighted by molar-refractivity contribution is 0.0157. The van der Waals surface area contributed by atoms with Gasteiger partial charge in [0.1, 0.15) is 0 Å². The minimum absolute atomic E-state index is 0.116. The van der Waals surface area contributed by atoms with E-state index in [1.807, 2.05) is 0 Å². The summed E-state index contributed by atoms with van der Waals surface area (Å²) in [4.78, 5) is 25.8. The van der Waals surface area contributed by atoms with Gasteiger partial charge >= 0.3 is 7.60 Å². The monoisotopic (exact) mass is 530 g/mol. The van der Waals surface area contributed by atoms with Crippen LogP contribution in [0.4, 0.5) is 0 Å². The Bertz CT molecular complexity index is 1280. The molecule has 35 heavy (non-hydrogen) atoms. The third-order valence-electron chi connectivity index (χ3n) is 6.61. The van der Waals surface area contributed by atoms with Crippen LogP contribution in [0.15, 0.2) is 66.7 Å². The van der Waals surface area contributed by atoms with Gasteiger partial charge in [0, 0.05) is 32.7 Å². The summed E-state index contributed by atoms with van der Waals surface area (Å²) in [6.07, 6.45) is 1.76. The van der Waals surface area contributed by atoms with E-state index in [4.69, 9.17) is 32.2 Å². The molecule has 5 nitrogen and oxygen atoms in total. The normalized spacial score (nSPS) is 16.6. The molecule has 3 aromatic rings. The summed E-state index contributed by atoms with van der Waals surface area (Å²) in [5.41, 5.74) is 1.41. The molecule has 1 saturated heterocycles. The van der Waals surface area contributed by atoms with Gasteiger partial charge in [0.25, 0.3) is 0 Å². The Labute approximate surface area is 214 Å². The van der Waals surface area contributed by atoms with E-state index in [9.17, 15) is 14.2 Å². The van der Waals surface area contributed by atoms with Crippen molar-refractivity contribution >= 4 is 47.7 Å². The minimum atomic E-state index is -3.42. The fraction of sp³-hybridized carbons (Fsp3) is 0.259. The van der Waals surface area contributed by atoms with Crippen LogP contribution in [-0.2, 0) is 13.6 Å². The van der Waals surface area contributed by atoms with Crippen LogP contribution in [0.3, 0.4) is 0 Å². The average molecular weight is 531 g/mol. The number of ketones is 2. The zero-order chi connectivity index (χ0) is 25.2. The van der Waals surface area contributed by atoms with E-state index in [1.54, 1.807) is 60.7 Å². The van der Waals surface area contributed by atoms with Crippen LogP contribution >= 0.6 is 30.8 Å². The highest BCUT2D eigenvalue weighted by molar-refractivity contribution is 7.62. The van der Waals surface area contributed by atoms with Gasteiger partial charge in [0.05, 0.1) is 23.5 Å². The number of halogens is 2. The predicted molar refractivity (Wildman–Crippen MR) is 138 cm³/mol. The van der Waals surface area contributed by atoms with Gasteiger partial charge in [-0.1, -0.05) is 73.4 Å². The summed E-state index contributed by atoms with van der Waals surface area (Å²) >= 11 is 12.1. The summed E-state index contributed by atoms with van der Waals surface area (Å²) in [7, 11) is -3.42. The smallest absolute Gasteiger partial charge is 0.305 e. The van der Waals surface area contributed by atoms with Crippen molar-refractivity contribution in [2.24, 2.45) is 5.41 Å². The van der Waals surface area contributed by atoms with Gasteiger partial charge < -0.3 is 9.05 Å². The molecular formula is C27H25Cl2O5P. The zero-order valence-electron chi connectivity index (χ0n) is 19.4. The van der Waals surface area contributed by atoms with Crippen molar-refractivity contribution in [1.82, 2.24) is 0 Å². The Morgan fingerprint density at radius 3 is 1.80 bits per heavy atom. The van der Waals surface area contributed by atoms with E-state index >= 15 is 0 Å². The number of hydrogen-bond acceptors (Lipinski definition) is 5. The summed E-state index contributed by atoms with van der Waals surface area (Å²) < 4.78 is 24.6. The van der Waals surface area contributed by atoms with Crippen molar-refractivity contribution in [2.75, 3.05) is 13.2 Å². The zero-order valence-corrected chi connectivity index (χ0v) is 21.8. The van der Waals surface area contributed by atoms with Crippen LogP contribution in [0.2, 0.25) is 10.0 Å². The Kier molecular flexibility index (Phi) is 7.65. The second-order valence-electron chi connectivity index (χ2n) is 8.66. The van der Waals surface area contributed by atoms with Crippen LogP contribution in [0.1, 0.15) is 58.5 Å². The molecule has 1 aliphatic rings. The molecule has 0 radical (unpaired) electrons. The molecule has 0 aliphatic carbocycles. The van der Waals surface area contributed by atoms with Crippen LogP contribution in [0, 0.1) is 5.41 Å². The van der Waals surface area contributed by atoms with Crippen LogP contribution in [0.25, 0.3) is 0 Å². The fourth-order valence-electron chi connectivity index (χ4n) is 3.89. The lowest BCUT2D eigenvalue weighted by Gasteiger charge is -2.38. The molecule has 8 heteroatoms. The maximum atomic E-state index is 13.2. The Hall–Kier alpha value is -2.27. The van der Waals surface area contributed by atoms with Crippen molar-refractivity contribution < 1.29 is 23.2 Å². The first-order valence-corrected chi connectivity index (χ1v) is 13.6. The second-order valence-corrected chi connectivity index (χ2v) is 11.5. The van der Waals surface area contributed by atoms with E-state index in [2.05, 4.69) is 13.8 Å². The average Bonchev–Trinajstić information content (AvgIpc) is 2.90. The first-order valence-electron chi connectivity index (χ1n) is 11.3. The quantitative estimate of drug-likeness (QED) is 0.240. The number of hydrogen-bond donors (Lipinski definition) is 0. The summed E-state index contributed by atoms with van der Waals surface area (Å²) in [5.74, 6) is -0.510. The number of rotatable bonds is 7. The highest BCUT2D eigenvalue weighted by atomic mass is 35.5. The molecule has 3 aromatic carbocycles. The second kappa shape index (κ2) is 10.4. The molecule has 4 rings (SSSR count). The van der Waals surface area contributed by atoms with Crippen molar-refractivity contribution in [3.8, 4) is 0 Å². The van der Waals surface area contributed by atoms with Crippen molar-refractivity contribution in [2.45, 2.75) is 26.7 Å². The number of carbonyl (C=O) groups is 2. The van der Waals surface area contributed by atoms with E-state index < -0.39 is 7.60 Å². The van der Waals surface area contributed by atoms with Gasteiger partial charge in [0.15, 0.2) is 11.6 Å². The first-order chi connectivity index (χ1) is 16.7. The molecule has 0 aromatic heterocycles. The molecular weight excluding hydrogens is 506 g/mol. The van der Waals surface area contributed by atoms with Crippen molar-refractivity contribution in [3.63, 3.8) is 0 Å². The molecule has 0 N–H and O–H groups in total. The van der Waals surface area contributed by atoms with Crippen LogP contribution in [-0.4, -0.2) is 24.8 Å². The summed E-state index contributed by atoms with van der Waals surface area (Å²) in [5, 5.41) is 1.14. The standard InChI is InChI=1S/C27H25Cl2O5P/c1-3-27(4-2)16-33-35(32,34-17-27)22-12-9-19(10-13-22)25(30)18-5-7-20(8-6-18)26(31)23-15-21(28)11-14-24(23)29/h5-15H,3-4,16-17H2,1-2H3. The molecule has 182 valence electrons. The third-order valence-corrected chi connectivity index (χ3v) is 9.04. The van der Waals surface area contributed by atoms with Gasteiger partial charge in [0.2, 0.25) is 0 Å². The van der Waals surface area contributed by atoms with Gasteiger partial charge in [-0.25, -0.2) is 0 Å². The Morgan fingerprint density at radius 2 is 1.29 bits per heavy atom. The van der Waals surface area contributed by atoms with Crippen LogP contribution < -0.4 is 5.30 Å². The number of carbonyl (C=O) groups excluding carboxylic acids is 2. The summed E-state index contributed by atoms with van der Waals surface area (Å²) in [6, 6.07) is 17.5. The van der Waals surface area contributed by atoms with Gasteiger partial charge in [-0.05, 0) is 43.2 Å². The van der Waals surface area contributed by atoms with E-state index in [1.165, 1.54) is 6.07 Å². The molecule has 0 spiro atoms. The highest BCUT2D eigenvalue weighted by Crippen LogP contribution is 2.54. The maximum Gasteiger partial charge on any atom is 0.361 e. The van der Waals surface area contributed by atoms with E-state index in [-0.39, 0.29) is 17.0 Å². The predicted octanol–water partition coefficient (Wildman–Crippen LogP) is 7.13. The molecule has 0 atom stereocenters. The molecule has 1 aliphatic heterocycles. The van der Waals surface area contributed by atoms with Gasteiger partial charge in [-0.15, -0.1) is 0 Å². The molecule has 0 amide bonds. The van der Waals surface area contributed by atoms with Crippen molar-refractivity contribution in [3.05, 3.63) is 99.0 Å². The van der Waals surface area contributed by atoms with Gasteiger partial charge in [-0.2, -0.15) is 0 Å². The Morgan fingerprint density at radius 1 is 0.800 bits per heavy atom. The van der Waals surface area contributed by atoms with Gasteiger partial charge in [-0.3, -0.25) is 14.2 Å². The maximum absolute atomic E-state index is 13.2. The molecule has 1 fully saturated rings. The SMILES string of the molecule is CCC1(CC)COP(=O)(c2ccc(C(=O)c3ccc(C(=O)c4cc(Cl)ccc4Cl)cc3)cc2)OC1. The Balaban J connectivity index is 1.48. The van der Waals surface area contributed by atoms with Crippen LogP contribution in [0.5, 0.6) is 0 Å². The fourth-order valence-corrected chi connectivity index (χ4v) is 6.04.